The third-order valence-corrected chi connectivity index (χ3v) is 3.49. The summed E-state index contributed by atoms with van der Waals surface area (Å²) in [4.78, 5) is 12.6. The first-order valence-corrected chi connectivity index (χ1v) is 6.28. The smallest absolute Gasteiger partial charge is 0.265 e. The number of benzene rings is 1. The minimum Gasteiger partial charge on any atom is -0.496 e. The number of hydrogen-bond acceptors (Lipinski definition) is 4. The average Bonchev–Trinajstić information content (AvgIpc) is 2.82. The molecule has 1 aromatic carbocycles. The highest BCUT2D eigenvalue weighted by molar-refractivity contribution is 7.12. The summed E-state index contributed by atoms with van der Waals surface area (Å²) in [6, 6.07) is 7.22. The van der Waals surface area contributed by atoms with Gasteiger partial charge in [0.1, 0.15) is 5.75 Å². The molecule has 18 heavy (non-hydrogen) atoms. The molecular weight excluding hydrogens is 248 g/mol. The number of amides is 1. The van der Waals surface area contributed by atoms with Crippen LogP contribution in [0.2, 0.25) is 0 Å². The largest absolute Gasteiger partial charge is 0.496 e. The monoisotopic (exact) mass is 262 g/mol. The predicted molar refractivity (Wildman–Crippen MR) is 74.4 cm³/mol. The second kappa shape index (κ2) is 5.10. The summed E-state index contributed by atoms with van der Waals surface area (Å²) in [6.45, 7) is 1.90. The third-order valence-electron chi connectivity index (χ3n) is 2.58. The zero-order valence-electron chi connectivity index (χ0n) is 10.2. The van der Waals surface area contributed by atoms with Gasteiger partial charge in [0.15, 0.2) is 0 Å². The van der Waals surface area contributed by atoms with Gasteiger partial charge in [-0.05, 0) is 18.6 Å². The Bertz CT molecular complexity index is 558. The molecule has 2 rings (SSSR count). The van der Waals surface area contributed by atoms with Gasteiger partial charge in [-0.2, -0.15) is 0 Å². The van der Waals surface area contributed by atoms with Crippen LogP contribution in [0.1, 0.15) is 15.2 Å². The molecule has 0 unspecified atom stereocenters. The second-order valence-corrected chi connectivity index (χ2v) is 4.76. The van der Waals surface area contributed by atoms with Crippen molar-refractivity contribution in [1.82, 2.24) is 0 Å². The number of methoxy groups -OCH3 is 1. The first kappa shape index (κ1) is 12.4. The number of anilines is 2. The first-order chi connectivity index (χ1) is 8.61. The zero-order valence-corrected chi connectivity index (χ0v) is 11.0. The number of ether oxygens (including phenoxy) is 1. The summed E-state index contributed by atoms with van der Waals surface area (Å²) in [5, 5.41) is 4.61. The van der Waals surface area contributed by atoms with Gasteiger partial charge in [-0.1, -0.05) is 12.1 Å². The summed E-state index contributed by atoms with van der Waals surface area (Å²) in [7, 11) is 1.57. The van der Waals surface area contributed by atoms with Crippen molar-refractivity contribution in [2.24, 2.45) is 0 Å². The minimum atomic E-state index is -0.177. The number of nitrogens with one attached hydrogen (secondary N) is 1. The van der Waals surface area contributed by atoms with Gasteiger partial charge in [0, 0.05) is 11.4 Å². The van der Waals surface area contributed by atoms with Crippen LogP contribution in [-0.4, -0.2) is 13.0 Å². The number of rotatable bonds is 3. The van der Waals surface area contributed by atoms with Crippen LogP contribution < -0.4 is 15.8 Å². The van der Waals surface area contributed by atoms with Crippen molar-refractivity contribution in [2.45, 2.75) is 6.92 Å². The van der Waals surface area contributed by atoms with Crippen LogP contribution in [0.4, 0.5) is 11.4 Å². The van der Waals surface area contributed by atoms with Crippen LogP contribution in [0.5, 0.6) is 5.75 Å². The Kier molecular flexibility index (Phi) is 3.53. The molecule has 3 N–H and O–H groups in total. The SMILES string of the molecule is COc1csc(C(=O)Nc2c(C)cccc2N)c1. The molecule has 0 fully saturated rings. The van der Waals surface area contributed by atoms with Gasteiger partial charge in [0.25, 0.3) is 5.91 Å². The van der Waals surface area contributed by atoms with Crippen LogP contribution in [0.25, 0.3) is 0 Å². The lowest BCUT2D eigenvalue weighted by Gasteiger charge is -2.09. The molecular formula is C13H14N2O2S. The summed E-state index contributed by atoms with van der Waals surface area (Å²) < 4.78 is 5.05. The molecule has 2 aromatic rings. The highest BCUT2D eigenvalue weighted by Crippen LogP contribution is 2.26. The van der Waals surface area contributed by atoms with Crippen molar-refractivity contribution in [3.8, 4) is 5.75 Å². The summed E-state index contributed by atoms with van der Waals surface area (Å²) in [5.74, 6) is 0.507. The van der Waals surface area contributed by atoms with E-state index in [1.165, 1.54) is 11.3 Å². The average molecular weight is 262 g/mol. The molecule has 0 spiro atoms. The van der Waals surface area contributed by atoms with E-state index >= 15 is 0 Å². The van der Waals surface area contributed by atoms with Gasteiger partial charge in [-0.25, -0.2) is 0 Å². The fourth-order valence-corrected chi connectivity index (χ4v) is 2.33. The molecule has 1 aromatic heterocycles. The molecule has 4 nitrogen and oxygen atoms in total. The number of hydrogen-bond donors (Lipinski definition) is 2. The Labute approximate surface area is 109 Å². The molecule has 0 aliphatic heterocycles. The first-order valence-electron chi connectivity index (χ1n) is 5.41. The van der Waals surface area contributed by atoms with Gasteiger partial charge in [0.05, 0.1) is 23.4 Å². The molecule has 94 valence electrons. The van der Waals surface area contributed by atoms with Gasteiger partial charge >= 0.3 is 0 Å². The Morgan fingerprint density at radius 3 is 2.83 bits per heavy atom. The quantitative estimate of drug-likeness (QED) is 0.836. The van der Waals surface area contributed by atoms with Crippen LogP contribution in [-0.2, 0) is 0 Å². The Hall–Kier alpha value is -2.01. The Morgan fingerprint density at radius 2 is 2.22 bits per heavy atom. The number of thiophene rings is 1. The van der Waals surface area contributed by atoms with E-state index in [2.05, 4.69) is 5.32 Å². The van der Waals surface area contributed by atoms with Gasteiger partial charge < -0.3 is 15.8 Å². The van der Waals surface area contributed by atoms with Crippen LogP contribution in [0.15, 0.2) is 29.6 Å². The van der Waals surface area contributed by atoms with E-state index in [-0.39, 0.29) is 5.91 Å². The molecule has 0 aliphatic carbocycles. The number of para-hydroxylation sites is 1. The molecule has 1 amide bonds. The molecule has 1 heterocycles. The summed E-state index contributed by atoms with van der Waals surface area (Å²) >= 11 is 1.34. The maximum Gasteiger partial charge on any atom is 0.265 e. The zero-order chi connectivity index (χ0) is 13.1. The van der Waals surface area contributed by atoms with Crippen molar-refractivity contribution in [1.29, 1.82) is 0 Å². The maximum atomic E-state index is 12.0. The molecule has 0 saturated heterocycles. The molecule has 0 radical (unpaired) electrons. The standard InChI is InChI=1S/C13H14N2O2S/c1-8-4-3-5-10(14)12(8)15-13(16)11-6-9(17-2)7-18-11/h3-7H,14H2,1-2H3,(H,15,16). The molecule has 0 bridgehead atoms. The lowest BCUT2D eigenvalue weighted by Crippen LogP contribution is -2.12. The maximum absolute atomic E-state index is 12.0. The van der Waals surface area contributed by atoms with Crippen LogP contribution >= 0.6 is 11.3 Å². The van der Waals surface area contributed by atoms with Gasteiger partial charge in [-0.15, -0.1) is 11.3 Å². The number of nitrogen functional groups attached to an aromatic ring is 1. The van der Waals surface area contributed by atoms with E-state index in [9.17, 15) is 4.79 Å². The number of carbonyl (C=O) groups excluding carboxylic acids is 1. The van der Waals surface area contributed by atoms with Crippen molar-refractivity contribution < 1.29 is 9.53 Å². The van der Waals surface area contributed by atoms with Crippen molar-refractivity contribution >= 4 is 28.6 Å². The lowest BCUT2D eigenvalue weighted by molar-refractivity contribution is 0.103. The molecule has 0 aliphatic rings. The predicted octanol–water partition coefficient (Wildman–Crippen LogP) is 2.90. The highest BCUT2D eigenvalue weighted by Gasteiger charge is 2.12. The lowest BCUT2D eigenvalue weighted by atomic mass is 10.1. The molecule has 0 atom stereocenters. The number of aryl methyl sites for hydroxylation is 1. The Balaban J connectivity index is 2.21. The van der Waals surface area contributed by atoms with E-state index in [1.807, 2.05) is 19.1 Å². The van der Waals surface area contributed by atoms with Crippen molar-refractivity contribution in [3.05, 3.63) is 40.1 Å². The minimum absolute atomic E-state index is 0.177. The number of nitrogens with two attached hydrogens (primary N) is 1. The van der Waals surface area contributed by atoms with Crippen molar-refractivity contribution in [2.75, 3.05) is 18.2 Å². The van der Waals surface area contributed by atoms with Crippen molar-refractivity contribution in [3.63, 3.8) is 0 Å². The van der Waals surface area contributed by atoms with E-state index in [0.717, 1.165) is 5.56 Å². The fourth-order valence-electron chi connectivity index (χ4n) is 1.58. The highest BCUT2D eigenvalue weighted by atomic mass is 32.1. The normalized spacial score (nSPS) is 10.1. The second-order valence-electron chi connectivity index (χ2n) is 3.84. The topological polar surface area (TPSA) is 64.3 Å². The van der Waals surface area contributed by atoms with E-state index in [4.69, 9.17) is 10.5 Å². The Morgan fingerprint density at radius 1 is 1.44 bits per heavy atom. The van der Waals surface area contributed by atoms with Crippen LogP contribution in [0, 0.1) is 6.92 Å². The van der Waals surface area contributed by atoms with E-state index in [0.29, 0.717) is 22.0 Å². The van der Waals surface area contributed by atoms with Gasteiger partial charge in [0.2, 0.25) is 0 Å². The molecule has 5 heteroatoms. The van der Waals surface area contributed by atoms with E-state index < -0.39 is 0 Å². The fraction of sp³-hybridized carbons (Fsp3) is 0.154. The van der Waals surface area contributed by atoms with E-state index in [1.54, 1.807) is 24.6 Å². The summed E-state index contributed by atoms with van der Waals surface area (Å²) in [6.07, 6.45) is 0. The van der Waals surface area contributed by atoms with Crippen LogP contribution in [0.3, 0.4) is 0 Å². The summed E-state index contributed by atoms with van der Waals surface area (Å²) in [5.41, 5.74) is 8.00. The third kappa shape index (κ3) is 2.46. The number of carbonyl (C=O) groups is 1. The molecule has 0 saturated carbocycles. The van der Waals surface area contributed by atoms with Gasteiger partial charge in [-0.3, -0.25) is 4.79 Å².